The summed E-state index contributed by atoms with van der Waals surface area (Å²) in [5.74, 6) is -6.52. The number of nitrogens with two attached hydrogens (primary N) is 3. The van der Waals surface area contributed by atoms with E-state index in [1.54, 1.807) is 0 Å². The van der Waals surface area contributed by atoms with Gasteiger partial charge in [-0.2, -0.15) is 0 Å². The van der Waals surface area contributed by atoms with Gasteiger partial charge in [0, 0.05) is 25.7 Å². The first-order chi connectivity index (χ1) is 25.5. The largest absolute Gasteiger partial charge is 0.378 e. The van der Waals surface area contributed by atoms with Crippen LogP contribution in [0.25, 0.3) is 0 Å². The fourth-order valence-corrected chi connectivity index (χ4v) is 8.41. The van der Waals surface area contributed by atoms with Gasteiger partial charge in [-0.3, -0.25) is 43.2 Å². The van der Waals surface area contributed by atoms with E-state index in [1.807, 2.05) is 0 Å². The maximum absolute atomic E-state index is 11.7. The molecule has 0 aromatic heterocycles. The first-order valence-corrected chi connectivity index (χ1v) is 22.0. The minimum Gasteiger partial charge on any atom is -0.378 e. The first-order valence-electron chi connectivity index (χ1n) is 15.4. The van der Waals surface area contributed by atoms with Crippen molar-refractivity contribution in [2.24, 2.45) is 17.2 Å². The van der Waals surface area contributed by atoms with Gasteiger partial charge in [-0.25, -0.2) is 9.59 Å². The summed E-state index contributed by atoms with van der Waals surface area (Å²) in [6.07, 6.45) is -0.590. The highest BCUT2D eigenvalue weighted by molar-refractivity contribution is 8.95. The van der Waals surface area contributed by atoms with Crippen molar-refractivity contribution in [1.29, 1.82) is 0 Å². The van der Waals surface area contributed by atoms with Crippen LogP contribution in [0.5, 0.6) is 0 Å². The van der Waals surface area contributed by atoms with Crippen LogP contribution in [-0.2, 0) is 76.6 Å². The summed E-state index contributed by atoms with van der Waals surface area (Å²) < 4.78 is 13.0. The minimum atomic E-state index is -1.33. The van der Waals surface area contributed by atoms with Gasteiger partial charge in [-0.1, -0.05) is 64.8 Å². The van der Waals surface area contributed by atoms with Crippen LogP contribution < -0.4 is 17.2 Å². The highest BCUT2D eigenvalue weighted by Gasteiger charge is 2.63. The number of hydrogen-bond donors (Lipinski definition) is 3. The zero-order valence-corrected chi connectivity index (χ0v) is 32.8. The van der Waals surface area contributed by atoms with Gasteiger partial charge in [-0.05, 0) is 0 Å². The molecule has 21 nitrogen and oxygen atoms in total. The topological polar surface area (TPSA) is 318 Å². The second-order valence-electron chi connectivity index (χ2n) is 10.7. The van der Waals surface area contributed by atoms with Gasteiger partial charge >= 0.3 is 11.9 Å². The van der Waals surface area contributed by atoms with E-state index in [2.05, 4.69) is 9.68 Å². The van der Waals surface area contributed by atoms with Crippen molar-refractivity contribution in [3.63, 3.8) is 0 Å². The number of ketones is 2. The van der Waals surface area contributed by atoms with Crippen molar-refractivity contribution < 1.29 is 76.6 Å². The van der Waals surface area contributed by atoms with E-state index in [0.29, 0.717) is 10.1 Å². The summed E-state index contributed by atoms with van der Waals surface area (Å²) in [4.78, 5) is 133. The summed E-state index contributed by atoms with van der Waals surface area (Å²) in [6, 6.07) is 0. The van der Waals surface area contributed by atoms with Gasteiger partial charge < -0.3 is 41.1 Å². The van der Waals surface area contributed by atoms with E-state index in [-0.39, 0.29) is 88.7 Å². The lowest BCUT2D eigenvalue weighted by Crippen LogP contribution is -2.41. The molecule has 5 saturated heterocycles. The second-order valence-corrected chi connectivity index (χ2v) is 19.1. The number of imide groups is 2. The van der Waals surface area contributed by atoms with E-state index in [1.165, 1.54) is 21.6 Å². The molecule has 5 rings (SSSR count). The third kappa shape index (κ3) is 13.9. The Morgan fingerprint density at radius 2 is 0.870 bits per heavy atom. The molecule has 54 heavy (non-hydrogen) atoms. The average Bonchev–Trinajstić information content (AvgIpc) is 4.01. The maximum Gasteiger partial charge on any atom is 0.335 e. The Morgan fingerprint density at radius 1 is 0.556 bits per heavy atom. The molecule has 0 bridgehead atoms. The van der Waals surface area contributed by atoms with Crippen molar-refractivity contribution >= 4 is 130 Å². The molecule has 0 unspecified atom stereocenters. The molecule has 0 aromatic carbocycles. The zero-order chi connectivity index (χ0) is 40.1. The highest BCUT2D eigenvalue weighted by atomic mass is 33.2. The molecule has 5 heterocycles. The van der Waals surface area contributed by atoms with Crippen LogP contribution in [0.2, 0.25) is 0 Å². The smallest absolute Gasteiger partial charge is 0.335 e. The monoisotopic (exact) mass is 875 g/mol. The number of carbonyl (C=O) groups excluding carboxylic acids is 11. The molecule has 27 heteroatoms. The van der Waals surface area contributed by atoms with Gasteiger partial charge in [0.15, 0.2) is 11.6 Å². The lowest BCUT2D eigenvalue weighted by molar-refractivity contribution is -0.198. The molecule has 5 aliphatic heterocycles. The van der Waals surface area contributed by atoms with E-state index in [0.717, 1.165) is 43.2 Å². The number of ether oxygens (including phenoxy) is 3. The van der Waals surface area contributed by atoms with Gasteiger partial charge in [0.25, 0.3) is 35.4 Å². The SMILES string of the molecule is NC(=O)C1(C(=O)CC(=O)C2(C(N)=O)SS2)SS1.NC(=O)C1SS1.O=C(CCOCCOCCOCCC(=O)ON1C(=O)CCC1=O)ON1C(=O)CCC1=O. The Balaban J connectivity index is 0.000000280. The summed E-state index contributed by atoms with van der Waals surface area (Å²) in [5, 5.41) is 0.965. The third-order valence-corrected chi connectivity index (χ3v) is 14.4. The number of hydroxylamine groups is 4. The van der Waals surface area contributed by atoms with Gasteiger partial charge in [-0.15, -0.1) is 10.1 Å². The molecule has 298 valence electrons. The highest BCUT2D eigenvalue weighted by Crippen LogP contribution is 2.68. The van der Waals surface area contributed by atoms with Gasteiger partial charge in [0.05, 0.1) is 58.9 Å². The molecule has 5 fully saturated rings. The fraction of sp³-hybridized carbons (Fsp3) is 0.593. The van der Waals surface area contributed by atoms with Crippen LogP contribution in [0.1, 0.15) is 44.9 Å². The number of nitrogens with zero attached hydrogens (tertiary/aromatic N) is 2. The summed E-state index contributed by atoms with van der Waals surface area (Å²) >= 11 is 0. The molecule has 0 spiro atoms. The van der Waals surface area contributed by atoms with Crippen LogP contribution in [0.15, 0.2) is 0 Å². The first kappa shape index (κ1) is 45.3. The van der Waals surface area contributed by atoms with E-state index >= 15 is 0 Å². The molecule has 5 aliphatic rings. The number of carbonyl (C=O) groups is 11. The number of amides is 7. The predicted octanol–water partition coefficient (Wildman–Crippen LogP) is -1.11. The lowest BCUT2D eigenvalue weighted by atomic mass is 10.1. The standard InChI is InChI=1S/C18H24N2O11.C7H6N2O4S4.C2H3NOS2/c21-13-1-2-14(22)19(13)30-17(25)5-7-27-9-11-29-12-10-28-8-6-18(26)31-20-15(23)3-4-16(20)24;8-4(12)6(14-15-6)2(10)1-3(11)7(5(9)13)16-17-7;3-1(4)2-5-6-2/h1-12H2;1H2,(H2,8,12)(H2,9,13);2H,(H2,3,4). The third-order valence-electron chi connectivity index (χ3n) is 6.67. The second kappa shape index (κ2) is 21.3. The van der Waals surface area contributed by atoms with Crippen LogP contribution in [0.3, 0.4) is 0 Å². The van der Waals surface area contributed by atoms with Crippen molar-refractivity contribution in [3.8, 4) is 0 Å². The summed E-state index contributed by atoms with van der Waals surface area (Å²) in [7, 11) is 7.13. The molecular weight excluding hydrogens is 843 g/mol. The fourth-order valence-electron chi connectivity index (χ4n) is 3.67. The maximum atomic E-state index is 11.7. The van der Waals surface area contributed by atoms with Crippen molar-refractivity contribution in [1.82, 2.24) is 10.1 Å². The van der Waals surface area contributed by atoms with Crippen LogP contribution in [0, 0.1) is 0 Å². The number of hydrogen-bond acceptors (Lipinski definition) is 22. The van der Waals surface area contributed by atoms with Gasteiger partial charge in [0.1, 0.15) is 4.58 Å². The minimum absolute atomic E-state index is 0.0361. The van der Waals surface area contributed by atoms with Crippen molar-refractivity contribution in [3.05, 3.63) is 0 Å². The van der Waals surface area contributed by atoms with Crippen LogP contribution in [-0.4, -0.2) is 127 Å². The predicted molar refractivity (Wildman–Crippen MR) is 193 cm³/mol. The molecule has 0 atom stereocenters. The Morgan fingerprint density at radius 3 is 1.11 bits per heavy atom. The molecule has 0 radical (unpaired) electrons. The van der Waals surface area contributed by atoms with E-state index < -0.39 is 73.5 Å². The Labute approximate surface area is 329 Å². The van der Waals surface area contributed by atoms with Crippen LogP contribution >= 0.6 is 64.8 Å². The molecule has 6 N–H and O–H groups in total. The molecule has 0 aliphatic carbocycles. The Hall–Kier alpha value is -3.05. The Kier molecular flexibility index (Phi) is 17.9. The molecule has 7 amide bonds. The molecule has 0 aromatic rings. The average molecular weight is 876 g/mol. The number of Topliss-reactive ketones (excluding diaryl/α,β-unsaturated/α-hetero) is 2. The Bertz CT molecular complexity index is 1410. The number of rotatable bonds is 21. The van der Waals surface area contributed by atoms with Crippen molar-refractivity contribution in [2.45, 2.75) is 57.7 Å². The molecule has 0 saturated carbocycles. The van der Waals surface area contributed by atoms with Crippen molar-refractivity contribution in [2.75, 3.05) is 39.6 Å². The quantitative estimate of drug-likeness (QED) is 0.0405. The lowest BCUT2D eigenvalue weighted by Gasteiger charge is -2.12. The van der Waals surface area contributed by atoms with E-state index in [4.69, 9.17) is 31.4 Å². The number of primary amides is 3. The normalized spacial score (nSPS) is 18.8. The molecular formula is C27H33N5O16S6. The van der Waals surface area contributed by atoms with E-state index in [9.17, 15) is 52.7 Å². The summed E-state index contributed by atoms with van der Waals surface area (Å²) in [6.45, 7) is 0.974. The van der Waals surface area contributed by atoms with Crippen LogP contribution in [0.4, 0.5) is 0 Å². The summed E-state index contributed by atoms with van der Waals surface area (Å²) in [5.41, 5.74) is 15.0. The van der Waals surface area contributed by atoms with Gasteiger partial charge in [0.2, 0.25) is 14.1 Å². The zero-order valence-electron chi connectivity index (χ0n) is 27.9.